The van der Waals surface area contributed by atoms with E-state index >= 15 is 0 Å². The second-order valence-electron chi connectivity index (χ2n) is 2.35. The van der Waals surface area contributed by atoms with Gasteiger partial charge in [-0.3, -0.25) is 4.57 Å². The number of hydrogen-bond acceptors (Lipinski definition) is 6. The molecule has 0 saturated heterocycles. The highest BCUT2D eigenvalue weighted by Crippen LogP contribution is 2.49. The predicted molar refractivity (Wildman–Crippen MR) is 51.6 cm³/mol. The summed E-state index contributed by atoms with van der Waals surface area (Å²) in [5, 5.41) is 2.07. The van der Waals surface area contributed by atoms with Crippen LogP contribution in [0.15, 0.2) is 0 Å². The number of aldehydes is 1. The largest absolute Gasteiger partial charge is 0.450 e. The first-order valence-corrected chi connectivity index (χ1v) is 5.75. The average molecular weight is 239 g/mol. The van der Waals surface area contributed by atoms with Gasteiger partial charge in [0.1, 0.15) is 0 Å². The second-order valence-corrected chi connectivity index (χ2v) is 4.72. The Kier molecular flexibility index (Phi) is 6.15. The summed E-state index contributed by atoms with van der Waals surface area (Å²) in [5.74, 6) is -1.37. The lowest BCUT2D eigenvalue weighted by molar-refractivity contribution is -0.108. The number of ether oxygens (including phenoxy) is 1. The van der Waals surface area contributed by atoms with Gasteiger partial charge in [-0.2, -0.15) is 0 Å². The van der Waals surface area contributed by atoms with E-state index in [0.29, 0.717) is 0 Å². The lowest BCUT2D eigenvalue weighted by atomic mass is 10.7. The van der Waals surface area contributed by atoms with Gasteiger partial charge in [0, 0.05) is 14.2 Å². The fraction of sp³-hybridized carbons (Fsp3) is 0.714. The van der Waals surface area contributed by atoms with Gasteiger partial charge in [-0.15, -0.1) is 0 Å². The first-order chi connectivity index (χ1) is 7.03. The SMILES string of the molecule is CCOC(=O)NC(C=O)P(=O)(OC)OC. The van der Waals surface area contributed by atoms with Gasteiger partial charge in [0.05, 0.1) is 6.61 Å². The molecule has 0 heterocycles. The standard InChI is InChI=1S/C7H14NO6P/c1-4-14-7(10)8-6(5-9)15(11,12-2)13-3/h5-6H,4H2,1-3H3,(H,8,10). The summed E-state index contributed by atoms with van der Waals surface area (Å²) in [5.41, 5.74) is 0. The number of nitrogens with one attached hydrogen (secondary N) is 1. The third-order valence-corrected chi connectivity index (χ3v) is 3.47. The molecule has 0 aromatic carbocycles. The summed E-state index contributed by atoms with van der Waals surface area (Å²) in [6.45, 7) is 1.74. The number of carbonyl (C=O) groups excluding carboxylic acids is 2. The minimum Gasteiger partial charge on any atom is -0.450 e. The van der Waals surface area contributed by atoms with Gasteiger partial charge < -0.3 is 23.9 Å². The van der Waals surface area contributed by atoms with Crippen molar-refractivity contribution in [2.75, 3.05) is 20.8 Å². The molecule has 0 aliphatic rings. The van der Waals surface area contributed by atoms with Crippen molar-refractivity contribution in [3.05, 3.63) is 0 Å². The fourth-order valence-corrected chi connectivity index (χ4v) is 1.80. The van der Waals surface area contributed by atoms with Crippen LogP contribution in [0.4, 0.5) is 4.79 Å². The first-order valence-electron chi connectivity index (χ1n) is 4.13. The molecule has 15 heavy (non-hydrogen) atoms. The summed E-state index contributed by atoms with van der Waals surface area (Å²) >= 11 is 0. The number of carbonyl (C=O) groups is 2. The topological polar surface area (TPSA) is 90.9 Å². The molecule has 0 spiro atoms. The fourth-order valence-electron chi connectivity index (χ4n) is 0.783. The lowest BCUT2D eigenvalue weighted by Gasteiger charge is -2.20. The highest BCUT2D eigenvalue weighted by molar-refractivity contribution is 7.55. The summed E-state index contributed by atoms with van der Waals surface area (Å²) < 4.78 is 25.3. The molecule has 8 heteroatoms. The highest BCUT2D eigenvalue weighted by Gasteiger charge is 2.35. The second kappa shape index (κ2) is 6.55. The van der Waals surface area contributed by atoms with E-state index in [-0.39, 0.29) is 12.9 Å². The maximum atomic E-state index is 11.7. The minimum absolute atomic E-state index is 0.141. The molecule has 0 aromatic rings. The molecule has 0 aromatic heterocycles. The minimum atomic E-state index is -3.65. The van der Waals surface area contributed by atoms with Crippen molar-refractivity contribution < 1.29 is 27.9 Å². The lowest BCUT2D eigenvalue weighted by Crippen LogP contribution is -2.37. The van der Waals surface area contributed by atoms with Gasteiger partial charge in [0.15, 0.2) is 12.1 Å². The molecule has 88 valence electrons. The van der Waals surface area contributed by atoms with Crippen LogP contribution in [0.5, 0.6) is 0 Å². The molecule has 1 unspecified atom stereocenters. The molecular formula is C7H14NO6P. The van der Waals surface area contributed by atoms with Gasteiger partial charge in [-0.25, -0.2) is 4.79 Å². The van der Waals surface area contributed by atoms with Crippen LogP contribution in [0.3, 0.4) is 0 Å². The maximum Gasteiger partial charge on any atom is 0.408 e. The average Bonchev–Trinajstić information content (AvgIpc) is 2.25. The molecule has 0 radical (unpaired) electrons. The van der Waals surface area contributed by atoms with Gasteiger partial charge in [-0.1, -0.05) is 0 Å². The first kappa shape index (κ1) is 14.1. The smallest absolute Gasteiger partial charge is 0.408 e. The van der Waals surface area contributed by atoms with Crippen molar-refractivity contribution in [2.24, 2.45) is 0 Å². The van der Waals surface area contributed by atoms with Crippen LogP contribution in [-0.4, -0.2) is 39.0 Å². The Hall–Kier alpha value is -0.910. The summed E-state index contributed by atoms with van der Waals surface area (Å²) in [6.07, 6.45) is -0.589. The van der Waals surface area contributed by atoms with E-state index < -0.39 is 19.5 Å². The van der Waals surface area contributed by atoms with Crippen LogP contribution in [0, 0.1) is 0 Å². The zero-order valence-electron chi connectivity index (χ0n) is 8.76. The zero-order valence-corrected chi connectivity index (χ0v) is 9.65. The van der Waals surface area contributed by atoms with Crippen molar-refractivity contribution in [2.45, 2.75) is 12.7 Å². The third kappa shape index (κ3) is 3.99. The van der Waals surface area contributed by atoms with Crippen molar-refractivity contribution in [1.29, 1.82) is 0 Å². The molecule has 0 bridgehead atoms. The Balaban J connectivity index is 4.55. The summed E-state index contributed by atoms with van der Waals surface area (Å²) in [6, 6.07) is 0. The van der Waals surface area contributed by atoms with E-state index in [4.69, 9.17) is 0 Å². The van der Waals surface area contributed by atoms with Crippen molar-refractivity contribution in [3.8, 4) is 0 Å². The quantitative estimate of drug-likeness (QED) is 0.543. The van der Waals surface area contributed by atoms with Crippen LogP contribution in [0.1, 0.15) is 6.92 Å². The molecule has 0 aliphatic heterocycles. The molecule has 0 aliphatic carbocycles. The molecule has 1 amide bonds. The number of amides is 1. The molecule has 1 N–H and O–H groups in total. The number of rotatable bonds is 6. The number of hydrogen-bond donors (Lipinski definition) is 1. The van der Waals surface area contributed by atoms with Crippen LogP contribution < -0.4 is 5.32 Å². The van der Waals surface area contributed by atoms with E-state index in [9.17, 15) is 14.2 Å². The summed E-state index contributed by atoms with van der Waals surface area (Å²) in [7, 11) is -1.41. The van der Waals surface area contributed by atoms with Gasteiger partial charge in [0.25, 0.3) is 0 Å². The molecule has 0 saturated carbocycles. The van der Waals surface area contributed by atoms with E-state index in [0.717, 1.165) is 14.2 Å². The Labute approximate surface area is 87.6 Å². The summed E-state index contributed by atoms with van der Waals surface area (Å²) in [4.78, 5) is 21.6. The van der Waals surface area contributed by atoms with Crippen molar-refractivity contribution in [3.63, 3.8) is 0 Å². The predicted octanol–water partition coefficient (Wildman–Crippen LogP) is 0.743. The molecular weight excluding hydrogens is 225 g/mol. The van der Waals surface area contributed by atoms with E-state index in [2.05, 4.69) is 19.1 Å². The number of alkyl carbamates (subject to hydrolysis) is 1. The van der Waals surface area contributed by atoms with Crippen molar-refractivity contribution >= 4 is 20.0 Å². The normalized spacial score (nSPS) is 13.0. The highest BCUT2D eigenvalue weighted by atomic mass is 31.2. The van der Waals surface area contributed by atoms with Crippen LogP contribution >= 0.6 is 7.60 Å². The van der Waals surface area contributed by atoms with Crippen LogP contribution in [-0.2, 0) is 23.1 Å². The van der Waals surface area contributed by atoms with Crippen molar-refractivity contribution in [1.82, 2.24) is 5.32 Å². The Bertz CT molecular complexity index is 260. The van der Waals surface area contributed by atoms with E-state index in [1.165, 1.54) is 0 Å². The van der Waals surface area contributed by atoms with E-state index in [1.807, 2.05) is 0 Å². The van der Waals surface area contributed by atoms with Crippen LogP contribution in [0.25, 0.3) is 0 Å². The van der Waals surface area contributed by atoms with Crippen LogP contribution in [0.2, 0.25) is 0 Å². The molecule has 0 rings (SSSR count). The van der Waals surface area contributed by atoms with Gasteiger partial charge in [0.2, 0.25) is 0 Å². The molecule has 7 nitrogen and oxygen atoms in total. The monoisotopic (exact) mass is 239 g/mol. The van der Waals surface area contributed by atoms with E-state index in [1.54, 1.807) is 6.92 Å². The van der Waals surface area contributed by atoms with Gasteiger partial charge in [-0.05, 0) is 6.92 Å². The Morgan fingerprint density at radius 3 is 2.33 bits per heavy atom. The zero-order chi connectivity index (χ0) is 11.9. The third-order valence-electron chi connectivity index (χ3n) is 1.52. The Morgan fingerprint density at radius 2 is 2.00 bits per heavy atom. The maximum absolute atomic E-state index is 11.7. The molecule has 0 fully saturated rings. The van der Waals surface area contributed by atoms with Gasteiger partial charge >= 0.3 is 13.7 Å². The Morgan fingerprint density at radius 1 is 1.47 bits per heavy atom. The molecule has 1 atom stereocenters.